The first-order valence-corrected chi connectivity index (χ1v) is 6.09. The predicted molar refractivity (Wildman–Crippen MR) is 70.0 cm³/mol. The van der Waals surface area contributed by atoms with Crippen LogP contribution in [0.3, 0.4) is 0 Å². The number of carboxylic acid groups (broad SMARTS) is 1. The van der Waals surface area contributed by atoms with Crippen molar-refractivity contribution in [2.45, 2.75) is 32.4 Å². The maximum Gasteiger partial charge on any atom is 0.326 e. The molecule has 1 heterocycles. The fraction of sp³-hybridized carbons (Fsp3) is 0.462. The van der Waals surface area contributed by atoms with Gasteiger partial charge in [0.25, 0.3) is 0 Å². The minimum Gasteiger partial charge on any atom is -0.487 e. The number of nitrogens with two attached hydrogens (primary N) is 1. The third-order valence-electron chi connectivity index (χ3n) is 3.15. The topological polar surface area (TPSA) is 75.8 Å². The Bertz CT molecular complexity index is 462. The number of anilines is 2. The monoisotopic (exact) mass is 250 g/mol. The zero-order valence-electron chi connectivity index (χ0n) is 10.6. The van der Waals surface area contributed by atoms with Crippen LogP contribution in [0.1, 0.15) is 20.3 Å². The number of nitrogens with zero attached hydrogens (tertiary/aromatic N) is 1. The molecule has 0 radical (unpaired) electrons. The van der Waals surface area contributed by atoms with Crippen molar-refractivity contribution in [3.05, 3.63) is 18.2 Å². The number of hydrogen-bond acceptors (Lipinski definition) is 4. The quantitative estimate of drug-likeness (QED) is 0.799. The van der Waals surface area contributed by atoms with Gasteiger partial charge in [-0.3, -0.25) is 0 Å². The normalized spacial score (nSPS) is 19.9. The molecule has 0 aromatic heterocycles. The molecule has 18 heavy (non-hydrogen) atoms. The largest absolute Gasteiger partial charge is 0.487 e. The second-order valence-corrected chi connectivity index (χ2v) is 4.54. The Morgan fingerprint density at radius 1 is 1.67 bits per heavy atom. The van der Waals surface area contributed by atoms with E-state index in [1.807, 2.05) is 30.9 Å². The van der Waals surface area contributed by atoms with Crippen LogP contribution in [-0.2, 0) is 4.79 Å². The van der Waals surface area contributed by atoms with Crippen LogP contribution in [0, 0.1) is 0 Å². The summed E-state index contributed by atoms with van der Waals surface area (Å²) in [5.74, 6) is -0.172. The summed E-state index contributed by atoms with van der Waals surface area (Å²) >= 11 is 0. The van der Waals surface area contributed by atoms with Crippen LogP contribution in [0.4, 0.5) is 11.4 Å². The second-order valence-electron chi connectivity index (χ2n) is 4.54. The molecule has 98 valence electrons. The highest BCUT2D eigenvalue weighted by Gasteiger charge is 2.32. The van der Waals surface area contributed by atoms with Crippen LogP contribution < -0.4 is 15.4 Å². The van der Waals surface area contributed by atoms with E-state index in [0.29, 0.717) is 30.1 Å². The molecule has 0 fully saturated rings. The van der Waals surface area contributed by atoms with E-state index in [1.165, 1.54) is 0 Å². The minimum absolute atomic E-state index is 0.0484. The van der Waals surface area contributed by atoms with Crippen molar-refractivity contribution in [2.24, 2.45) is 0 Å². The summed E-state index contributed by atoms with van der Waals surface area (Å²) in [5, 5.41) is 9.30. The SMILES string of the molecule is CCC(C(=O)O)N1CC(C)Oc2cccc(N)c21. The van der Waals surface area contributed by atoms with Crippen LogP contribution in [-0.4, -0.2) is 29.8 Å². The van der Waals surface area contributed by atoms with Crippen molar-refractivity contribution >= 4 is 17.3 Å². The molecule has 1 aliphatic rings. The van der Waals surface area contributed by atoms with E-state index >= 15 is 0 Å². The molecule has 0 spiro atoms. The average Bonchev–Trinajstić information content (AvgIpc) is 2.28. The Morgan fingerprint density at radius 2 is 2.39 bits per heavy atom. The van der Waals surface area contributed by atoms with E-state index < -0.39 is 12.0 Å². The lowest BCUT2D eigenvalue weighted by Gasteiger charge is -2.38. The molecule has 0 bridgehead atoms. The third-order valence-corrected chi connectivity index (χ3v) is 3.15. The zero-order chi connectivity index (χ0) is 13.3. The predicted octanol–water partition coefficient (Wildman–Crippen LogP) is 1.72. The number of hydrogen-bond donors (Lipinski definition) is 2. The summed E-state index contributed by atoms with van der Waals surface area (Å²) in [4.78, 5) is 13.2. The Hall–Kier alpha value is -1.91. The van der Waals surface area contributed by atoms with Gasteiger partial charge in [-0.1, -0.05) is 13.0 Å². The van der Waals surface area contributed by atoms with E-state index in [2.05, 4.69) is 0 Å². The molecule has 2 atom stereocenters. The lowest BCUT2D eigenvalue weighted by molar-refractivity contribution is -0.138. The number of fused-ring (bicyclic) bond motifs is 1. The maximum absolute atomic E-state index is 11.3. The van der Waals surface area contributed by atoms with Crippen molar-refractivity contribution in [3.8, 4) is 5.75 Å². The molecule has 1 aliphatic heterocycles. The summed E-state index contributed by atoms with van der Waals surface area (Å²) < 4.78 is 5.70. The summed E-state index contributed by atoms with van der Waals surface area (Å²) in [5.41, 5.74) is 7.21. The maximum atomic E-state index is 11.3. The van der Waals surface area contributed by atoms with Crippen molar-refractivity contribution in [3.63, 3.8) is 0 Å². The minimum atomic E-state index is -0.833. The number of ether oxygens (including phenoxy) is 1. The van der Waals surface area contributed by atoms with Crippen molar-refractivity contribution in [2.75, 3.05) is 17.2 Å². The van der Waals surface area contributed by atoms with Gasteiger partial charge in [0, 0.05) is 0 Å². The molecule has 0 saturated heterocycles. The van der Waals surface area contributed by atoms with Gasteiger partial charge in [-0.05, 0) is 25.5 Å². The highest BCUT2D eigenvalue weighted by Crippen LogP contribution is 2.39. The van der Waals surface area contributed by atoms with Crippen molar-refractivity contribution in [1.29, 1.82) is 0 Å². The van der Waals surface area contributed by atoms with E-state index in [4.69, 9.17) is 10.5 Å². The molecule has 1 aromatic rings. The average molecular weight is 250 g/mol. The van der Waals surface area contributed by atoms with Gasteiger partial charge >= 0.3 is 5.97 Å². The summed E-state index contributed by atoms with van der Waals surface area (Å²) in [6.45, 7) is 4.32. The van der Waals surface area contributed by atoms with Gasteiger partial charge < -0.3 is 20.5 Å². The van der Waals surface area contributed by atoms with Gasteiger partial charge in [0.1, 0.15) is 23.6 Å². The highest BCUT2D eigenvalue weighted by molar-refractivity contribution is 5.84. The van der Waals surface area contributed by atoms with Crippen molar-refractivity contribution < 1.29 is 14.6 Å². The summed E-state index contributed by atoms with van der Waals surface area (Å²) in [7, 11) is 0. The van der Waals surface area contributed by atoms with Gasteiger partial charge in [0.2, 0.25) is 0 Å². The van der Waals surface area contributed by atoms with E-state index in [9.17, 15) is 9.90 Å². The first-order chi connectivity index (χ1) is 8.54. The van der Waals surface area contributed by atoms with Crippen LogP contribution in [0.15, 0.2) is 18.2 Å². The second kappa shape index (κ2) is 4.76. The fourth-order valence-electron chi connectivity index (χ4n) is 2.38. The number of rotatable bonds is 3. The smallest absolute Gasteiger partial charge is 0.326 e. The van der Waals surface area contributed by atoms with E-state index in [1.54, 1.807) is 6.07 Å². The molecule has 1 aromatic carbocycles. The van der Waals surface area contributed by atoms with Crippen LogP contribution in [0.5, 0.6) is 5.75 Å². The Kier molecular flexibility index (Phi) is 3.32. The van der Waals surface area contributed by atoms with Gasteiger partial charge in [0.15, 0.2) is 0 Å². The Labute approximate surface area is 106 Å². The van der Waals surface area contributed by atoms with Gasteiger partial charge in [-0.25, -0.2) is 4.79 Å². The number of carbonyl (C=O) groups is 1. The molecule has 3 N–H and O–H groups in total. The zero-order valence-corrected chi connectivity index (χ0v) is 10.6. The summed E-state index contributed by atoms with van der Waals surface area (Å²) in [6, 6.07) is 4.83. The highest BCUT2D eigenvalue weighted by atomic mass is 16.5. The Balaban J connectivity index is 2.47. The lowest BCUT2D eigenvalue weighted by Crippen LogP contribution is -2.48. The van der Waals surface area contributed by atoms with Gasteiger partial charge in [-0.15, -0.1) is 0 Å². The van der Waals surface area contributed by atoms with Crippen LogP contribution in [0.25, 0.3) is 0 Å². The molecular formula is C13H18N2O3. The fourth-order valence-corrected chi connectivity index (χ4v) is 2.38. The molecule has 0 amide bonds. The first-order valence-electron chi connectivity index (χ1n) is 6.09. The Morgan fingerprint density at radius 3 is 3.00 bits per heavy atom. The third kappa shape index (κ3) is 2.08. The molecular weight excluding hydrogens is 232 g/mol. The number of benzene rings is 1. The van der Waals surface area contributed by atoms with Crippen LogP contribution >= 0.6 is 0 Å². The molecule has 0 saturated carbocycles. The molecule has 2 rings (SSSR count). The van der Waals surface area contributed by atoms with Gasteiger partial charge in [0.05, 0.1) is 12.2 Å². The van der Waals surface area contributed by atoms with Crippen LogP contribution in [0.2, 0.25) is 0 Å². The first kappa shape index (κ1) is 12.5. The molecule has 5 nitrogen and oxygen atoms in total. The van der Waals surface area contributed by atoms with Crippen molar-refractivity contribution in [1.82, 2.24) is 0 Å². The van der Waals surface area contributed by atoms with E-state index in [-0.39, 0.29) is 6.10 Å². The van der Waals surface area contributed by atoms with E-state index in [0.717, 1.165) is 0 Å². The number of carboxylic acids is 1. The molecule has 2 unspecified atom stereocenters. The van der Waals surface area contributed by atoms with Gasteiger partial charge in [-0.2, -0.15) is 0 Å². The molecule has 5 heteroatoms. The molecule has 0 aliphatic carbocycles. The standard InChI is InChI=1S/C13H18N2O3/c1-3-10(13(16)17)15-7-8(2)18-11-6-4-5-9(14)12(11)15/h4-6,8,10H,3,7,14H2,1-2H3,(H,16,17). The summed E-state index contributed by atoms with van der Waals surface area (Å²) in [6.07, 6.45) is 0.475. The number of nitrogen functional groups attached to an aromatic ring is 1. The lowest BCUT2D eigenvalue weighted by atomic mass is 10.1. The number of para-hydroxylation sites is 1. The number of aliphatic carboxylic acids is 1.